The molecular formula is C14H19ClN2O3. The molecule has 0 saturated heterocycles. The summed E-state index contributed by atoms with van der Waals surface area (Å²) in [6.07, 6.45) is 2.85. The van der Waals surface area contributed by atoms with Gasteiger partial charge >= 0.3 is 0 Å². The van der Waals surface area contributed by atoms with Crippen molar-refractivity contribution in [2.75, 3.05) is 26.1 Å². The minimum atomic E-state index is -0.0687. The van der Waals surface area contributed by atoms with E-state index in [1.165, 1.54) is 27.1 Å². The minimum Gasteiger partial charge on any atom is -0.495 e. The van der Waals surface area contributed by atoms with Gasteiger partial charge in [-0.25, -0.2) is 0 Å². The first kappa shape index (κ1) is 14.9. The Hall–Kier alpha value is -1.46. The van der Waals surface area contributed by atoms with Crippen molar-refractivity contribution in [3.05, 3.63) is 17.2 Å². The Kier molecular flexibility index (Phi) is 5.09. The van der Waals surface area contributed by atoms with Crippen LogP contribution in [0.15, 0.2) is 12.1 Å². The molecule has 1 aliphatic carbocycles. The first-order valence-electron chi connectivity index (χ1n) is 6.58. The van der Waals surface area contributed by atoms with Crippen molar-refractivity contribution in [1.82, 2.24) is 5.32 Å². The normalized spacial score (nSPS) is 13.9. The van der Waals surface area contributed by atoms with Crippen molar-refractivity contribution in [2.24, 2.45) is 0 Å². The standard InChI is InChI=1S/C14H19ClN2O3/c1-19-12-8-11(13(20-2)7-10(12)15)17-14(18)5-6-16-9-3-4-9/h7-9,16H,3-6H2,1-2H3,(H,17,18). The summed E-state index contributed by atoms with van der Waals surface area (Å²) < 4.78 is 10.3. The van der Waals surface area contributed by atoms with Gasteiger partial charge in [-0.05, 0) is 12.8 Å². The monoisotopic (exact) mass is 298 g/mol. The zero-order chi connectivity index (χ0) is 14.5. The van der Waals surface area contributed by atoms with Crippen LogP contribution in [-0.2, 0) is 4.79 Å². The van der Waals surface area contributed by atoms with Gasteiger partial charge in [0.05, 0.1) is 24.9 Å². The zero-order valence-electron chi connectivity index (χ0n) is 11.7. The molecule has 1 amide bonds. The second-order valence-electron chi connectivity index (χ2n) is 4.71. The lowest BCUT2D eigenvalue weighted by Gasteiger charge is -2.13. The van der Waals surface area contributed by atoms with Crippen LogP contribution >= 0.6 is 11.6 Å². The van der Waals surface area contributed by atoms with Crippen molar-refractivity contribution >= 4 is 23.2 Å². The van der Waals surface area contributed by atoms with Gasteiger partial charge in [0.15, 0.2) is 0 Å². The summed E-state index contributed by atoms with van der Waals surface area (Å²) in [5.74, 6) is 0.944. The average molecular weight is 299 g/mol. The number of halogens is 1. The molecule has 1 fully saturated rings. The summed E-state index contributed by atoms with van der Waals surface area (Å²) in [6, 6.07) is 3.89. The highest BCUT2D eigenvalue weighted by atomic mass is 35.5. The van der Waals surface area contributed by atoms with E-state index >= 15 is 0 Å². The van der Waals surface area contributed by atoms with Crippen LogP contribution in [0.3, 0.4) is 0 Å². The SMILES string of the molecule is COc1cc(NC(=O)CCNC2CC2)c(OC)cc1Cl. The van der Waals surface area contributed by atoms with Crippen molar-refractivity contribution in [3.63, 3.8) is 0 Å². The summed E-state index contributed by atoms with van der Waals surface area (Å²) in [6.45, 7) is 0.684. The lowest BCUT2D eigenvalue weighted by atomic mass is 10.2. The Bertz CT molecular complexity index is 490. The predicted molar refractivity (Wildman–Crippen MR) is 78.8 cm³/mol. The molecule has 1 aromatic carbocycles. The quantitative estimate of drug-likeness (QED) is 0.812. The molecule has 0 atom stereocenters. The molecule has 5 nitrogen and oxygen atoms in total. The van der Waals surface area contributed by atoms with E-state index in [-0.39, 0.29) is 5.91 Å². The van der Waals surface area contributed by atoms with E-state index < -0.39 is 0 Å². The average Bonchev–Trinajstić information content (AvgIpc) is 3.24. The fourth-order valence-electron chi connectivity index (χ4n) is 1.85. The predicted octanol–water partition coefficient (Wildman–Crippen LogP) is 2.44. The molecule has 6 heteroatoms. The Morgan fingerprint density at radius 3 is 2.60 bits per heavy atom. The molecule has 20 heavy (non-hydrogen) atoms. The number of rotatable bonds is 7. The Morgan fingerprint density at radius 1 is 1.30 bits per heavy atom. The maximum atomic E-state index is 11.9. The highest BCUT2D eigenvalue weighted by Crippen LogP contribution is 2.35. The second-order valence-corrected chi connectivity index (χ2v) is 5.12. The highest BCUT2D eigenvalue weighted by molar-refractivity contribution is 6.32. The first-order chi connectivity index (χ1) is 9.63. The molecule has 0 unspecified atom stereocenters. The summed E-state index contributed by atoms with van der Waals surface area (Å²) in [7, 11) is 3.06. The van der Waals surface area contributed by atoms with Gasteiger partial charge in [0.25, 0.3) is 0 Å². The van der Waals surface area contributed by atoms with Crippen molar-refractivity contribution in [2.45, 2.75) is 25.3 Å². The molecule has 0 spiro atoms. The number of hydrogen-bond acceptors (Lipinski definition) is 4. The van der Waals surface area contributed by atoms with E-state index in [0.29, 0.717) is 41.2 Å². The lowest BCUT2D eigenvalue weighted by molar-refractivity contribution is -0.116. The van der Waals surface area contributed by atoms with Gasteiger partial charge in [-0.3, -0.25) is 4.79 Å². The lowest BCUT2D eigenvalue weighted by Crippen LogP contribution is -2.23. The minimum absolute atomic E-state index is 0.0687. The molecule has 0 heterocycles. The molecule has 2 N–H and O–H groups in total. The van der Waals surface area contributed by atoms with E-state index in [2.05, 4.69) is 10.6 Å². The van der Waals surface area contributed by atoms with Crippen LogP contribution in [0.1, 0.15) is 19.3 Å². The molecule has 0 radical (unpaired) electrons. The number of nitrogens with one attached hydrogen (secondary N) is 2. The summed E-state index contributed by atoms with van der Waals surface area (Å²) in [4.78, 5) is 11.9. The maximum Gasteiger partial charge on any atom is 0.225 e. The van der Waals surface area contributed by atoms with E-state index in [1.807, 2.05) is 0 Å². The number of methoxy groups -OCH3 is 2. The molecule has 1 aromatic rings. The molecule has 1 aliphatic rings. The third kappa shape index (κ3) is 4.02. The fourth-order valence-corrected chi connectivity index (χ4v) is 2.08. The number of carbonyl (C=O) groups is 1. The molecule has 1 saturated carbocycles. The Morgan fingerprint density at radius 2 is 2.00 bits per heavy atom. The molecular weight excluding hydrogens is 280 g/mol. The number of anilines is 1. The van der Waals surface area contributed by atoms with Crippen LogP contribution in [0, 0.1) is 0 Å². The van der Waals surface area contributed by atoms with Gasteiger partial charge in [-0.2, -0.15) is 0 Å². The first-order valence-corrected chi connectivity index (χ1v) is 6.96. The highest BCUT2D eigenvalue weighted by Gasteiger charge is 2.20. The van der Waals surface area contributed by atoms with E-state index in [1.54, 1.807) is 12.1 Å². The van der Waals surface area contributed by atoms with Gasteiger partial charge in [0, 0.05) is 31.1 Å². The fraction of sp³-hybridized carbons (Fsp3) is 0.500. The van der Waals surface area contributed by atoms with Crippen molar-refractivity contribution < 1.29 is 14.3 Å². The molecule has 0 aromatic heterocycles. The molecule has 110 valence electrons. The summed E-state index contributed by atoms with van der Waals surface area (Å²) >= 11 is 6.01. The summed E-state index contributed by atoms with van der Waals surface area (Å²) in [5, 5.41) is 6.55. The molecule has 0 bridgehead atoms. The van der Waals surface area contributed by atoms with E-state index in [9.17, 15) is 4.79 Å². The third-order valence-corrected chi connectivity index (χ3v) is 3.41. The zero-order valence-corrected chi connectivity index (χ0v) is 12.4. The van der Waals surface area contributed by atoms with Crippen LogP contribution in [0.4, 0.5) is 5.69 Å². The number of amides is 1. The number of ether oxygens (including phenoxy) is 2. The van der Waals surface area contributed by atoms with Crippen LogP contribution < -0.4 is 20.1 Å². The molecule has 2 rings (SSSR count). The van der Waals surface area contributed by atoms with Gasteiger partial charge in [0.2, 0.25) is 5.91 Å². The number of benzene rings is 1. The van der Waals surface area contributed by atoms with Gasteiger partial charge in [-0.15, -0.1) is 0 Å². The largest absolute Gasteiger partial charge is 0.495 e. The van der Waals surface area contributed by atoms with E-state index in [0.717, 1.165) is 0 Å². The van der Waals surface area contributed by atoms with Gasteiger partial charge < -0.3 is 20.1 Å². The smallest absolute Gasteiger partial charge is 0.225 e. The van der Waals surface area contributed by atoms with Gasteiger partial charge in [-0.1, -0.05) is 11.6 Å². The topological polar surface area (TPSA) is 59.6 Å². The third-order valence-electron chi connectivity index (χ3n) is 3.11. The number of carbonyl (C=O) groups excluding carboxylic acids is 1. The number of hydrogen-bond donors (Lipinski definition) is 2. The van der Waals surface area contributed by atoms with Crippen LogP contribution in [0.25, 0.3) is 0 Å². The van der Waals surface area contributed by atoms with Crippen LogP contribution in [0.5, 0.6) is 11.5 Å². The molecule has 0 aliphatic heterocycles. The maximum absolute atomic E-state index is 11.9. The Balaban J connectivity index is 1.96. The van der Waals surface area contributed by atoms with Crippen molar-refractivity contribution in [1.29, 1.82) is 0 Å². The van der Waals surface area contributed by atoms with E-state index in [4.69, 9.17) is 21.1 Å². The van der Waals surface area contributed by atoms with Crippen LogP contribution in [0.2, 0.25) is 5.02 Å². The van der Waals surface area contributed by atoms with Crippen molar-refractivity contribution in [3.8, 4) is 11.5 Å². The van der Waals surface area contributed by atoms with Gasteiger partial charge in [0.1, 0.15) is 11.5 Å². The Labute approximate surface area is 123 Å². The van der Waals surface area contributed by atoms with Crippen LogP contribution in [-0.4, -0.2) is 32.7 Å². The second kappa shape index (κ2) is 6.81. The summed E-state index contributed by atoms with van der Waals surface area (Å²) in [5.41, 5.74) is 0.560.